The van der Waals surface area contributed by atoms with Gasteiger partial charge in [-0.25, -0.2) is 0 Å². The van der Waals surface area contributed by atoms with E-state index in [1.807, 2.05) is 0 Å². The minimum absolute atomic E-state index is 0.240. The molecular formula is C22H28N2O2. The highest BCUT2D eigenvalue weighted by Crippen LogP contribution is 2.36. The Labute approximate surface area is 155 Å². The molecule has 2 aliphatic rings. The maximum Gasteiger partial charge on any atom is 0.127 e. The molecule has 2 heterocycles. The van der Waals surface area contributed by atoms with Crippen LogP contribution in [-0.4, -0.2) is 25.8 Å². The van der Waals surface area contributed by atoms with E-state index in [1.165, 1.54) is 29.5 Å². The van der Waals surface area contributed by atoms with Crippen LogP contribution < -0.4 is 20.1 Å². The Hall–Kier alpha value is -2.04. The van der Waals surface area contributed by atoms with E-state index in [9.17, 15) is 0 Å². The second-order valence-electron chi connectivity index (χ2n) is 7.38. The molecule has 2 aromatic carbocycles. The molecule has 0 saturated carbocycles. The Kier molecular flexibility index (Phi) is 5.14. The maximum atomic E-state index is 6.08. The van der Waals surface area contributed by atoms with E-state index in [1.54, 1.807) is 7.11 Å². The fraction of sp³-hybridized carbons (Fsp3) is 0.455. The van der Waals surface area contributed by atoms with E-state index >= 15 is 0 Å². The molecule has 0 aromatic heterocycles. The second-order valence-corrected chi connectivity index (χ2v) is 7.38. The first kappa shape index (κ1) is 17.4. The van der Waals surface area contributed by atoms with Crippen LogP contribution in [0, 0.1) is 0 Å². The SMILES string of the molecule is COc1cc(CN[C@H]2CCCN[C@H]2c2ccccc2)c2c(c1)CC(C)O2. The normalized spacial score (nSPS) is 24.8. The van der Waals surface area contributed by atoms with Crippen LogP contribution in [0.25, 0.3) is 0 Å². The van der Waals surface area contributed by atoms with E-state index in [4.69, 9.17) is 9.47 Å². The zero-order valence-corrected chi connectivity index (χ0v) is 15.6. The lowest BCUT2D eigenvalue weighted by Gasteiger charge is -2.34. The smallest absolute Gasteiger partial charge is 0.127 e. The number of benzene rings is 2. The van der Waals surface area contributed by atoms with Crippen molar-refractivity contribution in [3.05, 3.63) is 59.2 Å². The maximum absolute atomic E-state index is 6.08. The zero-order chi connectivity index (χ0) is 17.9. The van der Waals surface area contributed by atoms with Crippen molar-refractivity contribution in [2.45, 2.75) is 50.9 Å². The summed E-state index contributed by atoms with van der Waals surface area (Å²) in [7, 11) is 1.73. The standard InChI is InChI=1S/C22H28N2O2/c1-15-11-17-12-19(25-2)13-18(22(17)26-15)14-24-20-9-6-10-23-21(20)16-7-4-3-5-8-16/h3-5,7-8,12-13,15,20-21,23-24H,6,9-11,14H2,1-2H3/t15?,20-,21-/m0/s1. The average Bonchev–Trinajstić information content (AvgIpc) is 3.07. The van der Waals surface area contributed by atoms with Gasteiger partial charge in [0.15, 0.2) is 0 Å². The molecule has 138 valence electrons. The summed E-state index contributed by atoms with van der Waals surface area (Å²) in [6.45, 7) is 4.00. The van der Waals surface area contributed by atoms with Gasteiger partial charge in [0.05, 0.1) is 7.11 Å². The van der Waals surface area contributed by atoms with Crippen LogP contribution >= 0.6 is 0 Å². The number of fused-ring (bicyclic) bond motifs is 1. The molecule has 1 saturated heterocycles. The van der Waals surface area contributed by atoms with Gasteiger partial charge in [0.2, 0.25) is 0 Å². The highest BCUT2D eigenvalue weighted by atomic mass is 16.5. The van der Waals surface area contributed by atoms with E-state index in [2.05, 4.69) is 60.0 Å². The summed E-state index contributed by atoms with van der Waals surface area (Å²) in [5.74, 6) is 1.96. The number of methoxy groups -OCH3 is 1. The largest absolute Gasteiger partial charge is 0.497 e. The second kappa shape index (κ2) is 7.68. The Bertz CT molecular complexity index is 747. The van der Waals surface area contributed by atoms with Crippen molar-refractivity contribution in [1.82, 2.24) is 10.6 Å². The summed E-state index contributed by atoms with van der Waals surface area (Å²) < 4.78 is 11.6. The van der Waals surface area contributed by atoms with Crippen LogP contribution in [0.15, 0.2) is 42.5 Å². The summed E-state index contributed by atoms with van der Waals surface area (Å²) in [4.78, 5) is 0. The molecule has 2 aliphatic heterocycles. The van der Waals surface area contributed by atoms with Crippen LogP contribution in [-0.2, 0) is 13.0 Å². The molecule has 0 radical (unpaired) electrons. The summed E-state index contributed by atoms with van der Waals surface area (Å²) >= 11 is 0. The molecule has 1 unspecified atom stereocenters. The molecule has 26 heavy (non-hydrogen) atoms. The number of hydrogen-bond acceptors (Lipinski definition) is 4. The third kappa shape index (κ3) is 3.57. The van der Waals surface area contributed by atoms with E-state index < -0.39 is 0 Å². The van der Waals surface area contributed by atoms with E-state index in [0.29, 0.717) is 12.1 Å². The fourth-order valence-corrected chi connectivity index (χ4v) is 4.19. The van der Waals surface area contributed by atoms with Crippen LogP contribution in [0.4, 0.5) is 0 Å². The first-order valence-corrected chi connectivity index (χ1v) is 9.63. The van der Waals surface area contributed by atoms with E-state index in [0.717, 1.165) is 31.0 Å². The lowest BCUT2D eigenvalue weighted by molar-refractivity contribution is 0.250. The highest BCUT2D eigenvalue weighted by Gasteiger charge is 2.27. The molecule has 2 N–H and O–H groups in total. The van der Waals surface area contributed by atoms with Crippen LogP contribution in [0.1, 0.15) is 42.5 Å². The van der Waals surface area contributed by atoms with Crippen LogP contribution in [0.3, 0.4) is 0 Å². The van der Waals surface area contributed by atoms with Crippen molar-refractivity contribution >= 4 is 0 Å². The Morgan fingerprint density at radius 1 is 1.23 bits per heavy atom. The zero-order valence-electron chi connectivity index (χ0n) is 15.6. The minimum Gasteiger partial charge on any atom is -0.497 e. The van der Waals surface area contributed by atoms with Crippen molar-refractivity contribution < 1.29 is 9.47 Å². The molecule has 4 rings (SSSR count). The van der Waals surface area contributed by atoms with Gasteiger partial charge >= 0.3 is 0 Å². The first-order chi connectivity index (χ1) is 12.7. The van der Waals surface area contributed by atoms with Gasteiger partial charge in [0.25, 0.3) is 0 Å². The summed E-state index contributed by atoms with van der Waals surface area (Å²) in [6.07, 6.45) is 3.57. The van der Waals surface area contributed by atoms with Crippen molar-refractivity contribution in [3.8, 4) is 11.5 Å². The lowest BCUT2D eigenvalue weighted by atomic mass is 9.92. The van der Waals surface area contributed by atoms with Gasteiger partial charge < -0.3 is 20.1 Å². The monoisotopic (exact) mass is 352 g/mol. The third-order valence-electron chi connectivity index (χ3n) is 5.45. The summed E-state index contributed by atoms with van der Waals surface area (Å²) in [5, 5.41) is 7.47. The summed E-state index contributed by atoms with van der Waals surface area (Å²) in [6, 6.07) is 15.7. The molecule has 1 fully saturated rings. The molecular weight excluding hydrogens is 324 g/mol. The highest BCUT2D eigenvalue weighted by molar-refractivity contribution is 5.49. The molecule has 2 aromatic rings. The molecule has 3 atom stereocenters. The van der Waals surface area contributed by atoms with Gasteiger partial charge in [-0.15, -0.1) is 0 Å². The molecule has 0 spiro atoms. The quantitative estimate of drug-likeness (QED) is 0.863. The van der Waals surface area contributed by atoms with Crippen LogP contribution in [0.2, 0.25) is 0 Å². The predicted octanol–water partition coefficient (Wildman–Crippen LogP) is 3.60. The molecule has 0 aliphatic carbocycles. The van der Waals surface area contributed by atoms with Crippen molar-refractivity contribution in [1.29, 1.82) is 0 Å². The molecule has 0 amide bonds. The van der Waals surface area contributed by atoms with Crippen molar-refractivity contribution in [3.63, 3.8) is 0 Å². The fourth-order valence-electron chi connectivity index (χ4n) is 4.19. The Morgan fingerprint density at radius 2 is 2.08 bits per heavy atom. The Morgan fingerprint density at radius 3 is 2.88 bits per heavy atom. The topological polar surface area (TPSA) is 42.5 Å². The van der Waals surface area contributed by atoms with Crippen LogP contribution in [0.5, 0.6) is 11.5 Å². The number of hydrogen-bond donors (Lipinski definition) is 2. The third-order valence-corrected chi connectivity index (χ3v) is 5.45. The first-order valence-electron chi connectivity index (χ1n) is 9.63. The lowest BCUT2D eigenvalue weighted by Crippen LogP contribution is -2.45. The van der Waals surface area contributed by atoms with Gasteiger partial charge in [-0.05, 0) is 44.0 Å². The Balaban J connectivity index is 1.52. The van der Waals surface area contributed by atoms with Gasteiger partial charge in [0.1, 0.15) is 17.6 Å². The van der Waals surface area contributed by atoms with Gasteiger partial charge in [-0.1, -0.05) is 30.3 Å². The predicted molar refractivity (Wildman–Crippen MR) is 104 cm³/mol. The van der Waals surface area contributed by atoms with E-state index in [-0.39, 0.29) is 6.10 Å². The minimum atomic E-state index is 0.240. The molecule has 0 bridgehead atoms. The van der Waals surface area contributed by atoms with Crippen molar-refractivity contribution in [2.24, 2.45) is 0 Å². The molecule has 4 nitrogen and oxygen atoms in total. The molecule has 4 heteroatoms. The van der Waals surface area contributed by atoms with Gasteiger partial charge in [-0.3, -0.25) is 0 Å². The van der Waals surface area contributed by atoms with Gasteiger partial charge in [0, 0.05) is 36.2 Å². The number of rotatable bonds is 5. The van der Waals surface area contributed by atoms with Crippen molar-refractivity contribution in [2.75, 3.05) is 13.7 Å². The summed E-state index contributed by atoms with van der Waals surface area (Å²) in [5.41, 5.74) is 3.81. The number of nitrogens with one attached hydrogen (secondary N) is 2. The van der Waals surface area contributed by atoms with Gasteiger partial charge in [-0.2, -0.15) is 0 Å². The number of ether oxygens (including phenoxy) is 2. The number of piperidine rings is 1. The average molecular weight is 352 g/mol.